The molecule has 8 heteroatoms. The number of methoxy groups -OCH3 is 1. The zero-order valence-electron chi connectivity index (χ0n) is 26.6. The van der Waals surface area contributed by atoms with Crippen molar-refractivity contribution >= 4 is 11.9 Å². The Morgan fingerprint density at radius 2 is 1.02 bits per heavy atom. The Morgan fingerprint density at radius 1 is 0.571 bits per heavy atom. The highest BCUT2D eigenvalue weighted by molar-refractivity contribution is 6.12. The van der Waals surface area contributed by atoms with Crippen LogP contribution in [-0.2, 0) is 0 Å². The SMILES string of the molecule is CCCOc1cc(C=CC(=O)c2c(OCCC)c(OCCC)cc(OCCC)c2OCCC)c(OCCC)c(OC)c1. The minimum Gasteiger partial charge on any atom is -0.493 e. The summed E-state index contributed by atoms with van der Waals surface area (Å²) in [5.41, 5.74) is 0.935. The van der Waals surface area contributed by atoms with Crippen molar-refractivity contribution in [1.29, 1.82) is 0 Å². The maximum absolute atomic E-state index is 14.1. The molecule has 0 atom stereocenters. The maximum atomic E-state index is 14.1. The molecule has 0 aromatic heterocycles. The summed E-state index contributed by atoms with van der Waals surface area (Å²) in [6, 6.07) is 5.43. The molecule has 0 saturated carbocycles. The molecule has 0 aliphatic rings. The topological polar surface area (TPSA) is 81.7 Å². The largest absolute Gasteiger partial charge is 0.493 e. The lowest BCUT2D eigenvalue weighted by Gasteiger charge is -2.21. The quantitative estimate of drug-likeness (QED) is 0.101. The van der Waals surface area contributed by atoms with Gasteiger partial charge in [0.2, 0.25) is 0 Å². The highest BCUT2D eigenvalue weighted by Crippen LogP contribution is 2.46. The summed E-state index contributed by atoms with van der Waals surface area (Å²) >= 11 is 0. The molecular formula is C34H50O8. The Labute approximate surface area is 252 Å². The highest BCUT2D eigenvalue weighted by Gasteiger charge is 2.27. The summed E-state index contributed by atoms with van der Waals surface area (Å²) in [4.78, 5) is 14.1. The molecule has 0 spiro atoms. The van der Waals surface area contributed by atoms with E-state index in [2.05, 4.69) is 0 Å². The minimum atomic E-state index is -0.309. The van der Waals surface area contributed by atoms with Gasteiger partial charge in [-0.2, -0.15) is 0 Å². The zero-order chi connectivity index (χ0) is 30.7. The Bertz CT molecular complexity index is 1090. The van der Waals surface area contributed by atoms with E-state index < -0.39 is 0 Å². The average Bonchev–Trinajstić information content (AvgIpc) is 3.01. The van der Waals surface area contributed by atoms with Crippen LogP contribution in [0.4, 0.5) is 0 Å². The van der Waals surface area contributed by atoms with Gasteiger partial charge in [0, 0.05) is 17.7 Å². The number of ketones is 1. The summed E-state index contributed by atoms with van der Waals surface area (Å²) in [5, 5.41) is 0. The van der Waals surface area contributed by atoms with Gasteiger partial charge in [0.05, 0.1) is 46.8 Å². The molecule has 0 radical (unpaired) electrons. The molecule has 234 valence electrons. The summed E-state index contributed by atoms with van der Waals surface area (Å²) in [5.74, 6) is 3.04. The molecule has 8 nitrogen and oxygen atoms in total. The van der Waals surface area contributed by atoms with Gasteiger partial charge in [-0.05, 0) is 56.7 Å². The van der Waals surface area contributed by atoms with E-state index in [1.54, 1.807) is 25.3 Å². The van der Waals surface area contributed by atoms with Crippen LogP contribution < -0.4 is 33.2 Å². The second-order valence-corrected chi connectivity index (χ2v) is 9.74. The monoisotopic (exact) mass is 586 g/mol. The molecule has 0 unspecified atom stereocenters. The van der Waals surface area contributed by atoms with E-state index in [-0.39, 0.29) is 11.3 Å². The fourth-order valence-electron chi connectivity index (χ4n) is 3.94. The number of ether oxygens (including phenoxy) is 7. The van der Waals surface area contributed by atoms with Gasteiger partial charge in [-0.1, -0.05) is 41.5 Å². The summed E-state index contributed by atoms with van der Waals surface area (Å²) in [6.45, 7) is 15.0. The molecule has 0 fully saturated rings. The molecule has 0 saturated heterocycles. The highest BCUT2D eigenvalue weighted by atomic mass is 16.5. The van der Waals surface area contributed by atoms with Crippen LogP contribution in [0.25, 0.3) is 6.08 Å². The number of hydrogen-bond acceptors (Lipinski definition) is 8. The van der Waals surface area contributed by atoms with Crippen LogP contribution in [0, 0.1) is 0 Å². The summed E-state index contributed by atoms with van der Waals surface area (Å²) < 4.78 is 42.1. The van der Waals surface area contributed by atoms with E-state index in [1.165, 1.54) is 6.08 Å². The first-order valence-electron chi connectivity index (χ1n) is 15.4. The second-order valence-electron chi connectivity index (χ2n) is 9.74. The predicted octanol–water partition coefficient (Wildman–Crippen LogP) is 8.32. The number of benzene rings is 2. The number of hydrogen-bond donors (Lipinski definition) is 0. The third kappa shape index (κ3) is 10.1. The lowest BCUT2D eigenvalue weighted by molar-refractivity contribution is 0.103. The number of carbonyl (C=O) groups is 1. The average molecular weight is 587 g/mol. The Kier molecular flexibility index (Phi) is 16.1. The molecule has 2 aromatic carbocycles. The normalized spacial score (nSPS) is 10.9. The number of rotatable bonds is 22. The van der Waals surface area contributed by atoms with Gasteiger partial charge in [0.25, 0.3) is 0 Å². The van der Waals surface area contributed by atoms with Crippen molar-refractivity contribution in [3.63, 3.8) is 0 Å². The van der Waals surface area contributed by atoms with E-state index >= 15 is 0 Å². The van der Waals surface area contributed by atoms with Crippen LogP contribution >= 0.6 is 0 Å². The molecule has 2 rings (SSSR count). The van der Waals surface area contributed by atoms with Crippen molar-refractivity contribution in [2.75, 3.05) is 46.8 Å². The molecular weight excluding hydrogens is 536 g/mol. The van der Waals surface area contributed by atoms with Crippen molar-refractivity contribution in [1.82, 2.24) is 0 Å². The molecule has 0 N–H and O–H groups in total. The Hall–Kier alpha value is -3.55. The van der Waals surface area contributed by atoms with Gasteiger partial charge in [-0.3, -0.25) is 4.79 Å². The molecule has 0 bridgehead atoms. The zero-order valence-corrected chi connectivity index (χ0v) is 26.6. The van der Waals surface area contributed by atoms with Crippen LogP contribution in [0.3, 0.4) is 0 Å². The van der Waals surface area contributed by atoms with Gasteiger partial charge in [-0.25, -0.2) is 0 Å². The fourth-order valence-corrected chi connectivity index (χ4v) is 3.94. The standard InChI is InChI=1S/C34H50O8/c1-8-16-37-26-22-25(32(40-19-11-4)28(23-26)36-7)14-15-27(35)31-33(41-20-12-5)29(38-17-9-2)24-30(39-18-10-3)34(31)42-21-13-6/h14-15,22-24H,8-13,16-21H2,1-7H3. The first-order chi connectivity index (χ1) is 20.5. The van der Waals surface area contributed by atoms with E-state index in [0.717, 1.165) is 38.5 Å². The van der Waals surface area contributed by atoms with Crippen LogP contribution in [0.5, 0.6) is 40.2 Å². The minimum absolute atomic E-state index is 0.272. The van der Waals surface area contributed by atoms with Crippen molar-refractivity contribution in [2.24, 2.45) is 0 Å². The van der Waals surface area contributed by atoms with Crippen LogP contribution in [0.1, 0.15) is 96.0 Å². The maximum Gasteiger partial charge on any atom is 0.193 e. The molecule has 0 aliphatic heterocycles. The van der Waals surface area contributed by atoms with E-state index in [1.807, 2.05) is 47.6 Å². The molecule has 42 heavy (non-hydrogen) atoms. The van der Waals surface area contributed by atoms with Gasteiger partial charge >= 0.3 is 0 Å². The van der Waals surface area contributed by atoms with Crippen LogP contribution in [0.15, 0.2) is 24.3 Å². The van der Waals surface area contributed by atoms with Crippen molar-refractivity contribution in [3.05, 3.63) is 35.4 Å². The second kappa shape index (κ2) is 19.5. The van der Waals surface area contributed by atoms with E-state index in [0.29, 0.717) is 85.5 Å². The molecule has 0 amide bonds. The van der Waals surface area contributed by atoms with Gasteiger partial charge < -0.3 is 33.2 Å². The lowest BCUT2D eigenvalue weighted by Crippen LogP contribution is -2.12. The molecule has 0 aliphatic carbocycles. The van der Waals surface area contributed by atoms with Crippen molar-refractivity contribution in [2.45, 2.75) is 80.1 Å². The van der Waals surface area contributed by atoms with E-state index in [9.17, 15) is 4.79 Å². The number of allylic oxidation sites excluding steroid dienone is 1. The fraction of sp³-hybridized carbons (Fsp3) is 0.559. The van der Waals surface area contributed by atoms with Gasteiger partial charge in [-0.15, -0.1) is 0 Å². The van der Waals surface area contributed by atoms with Crippen molar-refractivity contribution in [3.8, 4) is 40.2 Å². The summed E-state index contributed by atoms with van der Waals surface area (Å²) in [6.07, 6.45) is 8.02. The number of carbonyl (C=O) groups excluding carboxylic acids is 1. The van der Waals surface area contributed by atoms with E-state index in [4.69, 9.17) is 33.2 Å². The van der Waals surface area contributed by atoms with Gasteiger partial charge in [0.1, 0.15) is 11.3 Å². The Balaban J connectivity index is 2.74. The third-order valence-electron chi connectivity index (χ3n) is 5.85. The van der Waals surface area contributed by atoms with Crippen LogP contribution in [-0.4, -0.2) is 52.5 Å². The first kappa shape index (κ1) is 34.7. The molecule has 0 heterocycles. The summed E-state index contributed by atoms with van der Waals surface area (Å²) in [7, 11) is 1.59. The molecule has 2 aromatic rings. The van der Waals surface area contributed by atoms with Crippen molar-refractivity contribution < 1.29 is 38.0 Å². The smallest absolute Gasteiger partial charge is 0.193 e. The first-order valence-corrected chi connectivity index (χ1v) is 15.4. The third-order valence-corrected chi connectivity index (χ3v) is 5.85. The van der Waals surface area contributed by atoms with Gasteiger partial charge in [0.15, 0.2) is 40.3 Å². The lowest BCUT2D eigenvalue weighted by atomic mass is 10.0. The van der Waals surface area contributed by atoms with Crippen LogP contribution in [0.2, 0.25) is 0 Å². The predicted molar refractivity (Wildman–Crippen MR) is 168 cm³/mol. The Morgan fingerprint density at radius 3 is 1.50 bits per heavy atom.